The number of halogens is 1. The summed E-state index contributed by atoms with van der Waals surface area (Å²) in [5.41, 5.74) is 3.85. The summed E-state index contributed by atoms with van der Waals surface area (Å²) in [6.45, 7) is 1.83. The van der Waals surface area contributed by atoms with E-state index in [2.05, 4.69) is 32.7 Å². The van der Waals surface area contributed by atoms with E-state index in [1.807, 2.05) is 0 Å². The molecule has 0 bridgehead atoms. The number of rotatable bonds is 2. The van der Waals surface area contributed by atoms with Gasteiger partial charge in [-0.1, -0.05) is 0 Å². The van der Waals surface area contributed by atoms with Crippen molar-refractivity contribution in [2.75, 3.05) is 0 Å². The SMILES string of the molecule is Brc1csc(-c2nc3c(c(C4CC4)n2)CNC3)c1. The first kappa shape index (κ1) is 11.1. The maximum atomic E-state index is 4.83. The van der Waals surface area contributed by atoms with Gasteiger partial charge in [-0.3, -0.25) is 0 Å². The highest BCUT2D eigenvalue weighted by molar-refractivity contribution is 9.10. The summed E-state index contributed by atoms with van der Waals surface area (Å²) >= 11 is 5.19. The molecule has 2 aliphatic rings. The van der Waals surface area contributed by atoms with E-state index in [0.29, 0.717) is 5.92 Å². The van der Waals surface area contributed by atoms with E-state index in [1.54, 1.807) is 11.3 Å². The molecule has 0 unspecified atom stereocenters. The van der Waals surface area contributed by atoms with Crippen molar-refractivity contribution >= 4 is 27.3 Å². The number of nitrogens with one attached hydrogen (secondary N) is 1. The molecule has 0 saturated heterocycles. The van der Waals surface area contributed by atoms with Gasteiger partial charge in [0.15, 0.2) is 5.82 Å². The van der Waals surface area contributed by atoms with E-state index in [-0.39, 0.29) is 0 Å². The molecule has 0 radical (unpaired) electrons. The van der Waals surface area contributed by atoms with Crippen molar-refractivity contribution in [2.45, 2.75) is 31.8 Å². The minimum Gasteiger partial charge on any atom is -0.307 e. The van der Waals surface area contributed by atoms with Crippen LogP contribution in [0.2, 0.25) is 0 Å². The number of aromatic nitrogens is 2. The lowest BCUT2D eigenvalue weighted by Gasteiger charge is -2.07. The Balaban J connectivity index is 1.87. The van der Waals surface area contributed by atoms with E-state index < -0.39 is 0 Å². The molecule has 1 aliphatic carbocycles. The molecule has 0 atom stereocenters. The van der Waals surface area contributed by atoms with Gasteiger partial charge in [0, 0.05) is 34.4 Å². The van der Waals surface area contributed by atoms with Crippen LogP contribution in [0.3, 0.4) is 0 Å². The highest BCUT2D eigenvalue weighted by Gasteiger charge is 2.31. The Bertz CT molecular complexity index is 619. The first-order valence-corrected chi connectivity index (χ1v) is 7.83. The van der Waals surface area contributed by atoms with Crippen molar-refractivity contribution in [3.8, 4) is 10.7 Å². The second kappa shape index (κ2) is 4.11. The average Bonchev–Trinajstić information content (AvgIpc) is 2.94. The van der Waals surface area contributed by atoms with E-state index >= 15 is 0 Å². The van der Waals surface area contributed by atoms with E-state index in [0.717, 1.165) is 28.3 Å². The molecule has 0 amide bonds. The highest BCUT2D eigenvalue weighted by atomic mass is 79.9. The van der Waals surface area contributed by atoms with Crippen LogP contribution in [0, 0.1) is 0 Å². The third-order valence-corrected chi connectivity index (χ3v) is 5.16. The summed E-state index contributed by atoms with van der Waals surface area (Å²) in [6.07, 6.45) is 2.58. The van der Waals surface area contributed by atoms with Gasteiger partial charge in [-0.2, -0.15) is 0 Å². The molecule has 1 N–H and O–H groups in total. The van der Waals surface area contributed by atoms with E-state index in [9.17, 15) is 0 Å². The minimum atomic E-state index is 0.684. The number of fused-ring (bicyclic) bond motifs is 1. The molecule has 1 aliphatic heterocycles. The predicted octanol–water partition coefficient (Wildman–Crippen LogP) is 3.45. The Kier molecular flexibility index (Phi) is 2.53. The van der Waals surface area contributed by atoms with Crippen LogP contribution in [-0.2, 0) is 13.1 Å². The largest absolute Gasteiger partial charge is 0.307 e. The maximum Gasteiger partial charge on any atom is 0.170 e. The van der Waals surface area contributed by atoms with Crippen LogP contribution in [0.5, 0.6) is 0 Å². The van der Waals surface area contributed by atoms with Gasteiger partial charge in [0.25, 0.3) is 0 Å². The van der Waals surface area contributed by atoms with E-state index in [1.165, 1.54) is 29.8 Å². The first-order valence-electron chi connectivity index (χ1n) is 6.16. The van der Waals surface area contributed by atoms with Crippen molar-refractivity contribution in [3.63, 3.8) is 0 Å². The van der Waals surface area contributed by atoms with Crippen LogP contribution < -0.4 is 5.32 Å². The van der Waals surface area contributed by atoms with Crippen LogP contribution in [0.15, 0.2) is 15.9 Å². The highest BCUT2D eigenvalue weighted by Crippen LogP contribution is 2.42. The van der Waals surface area contributed by atoms with Gasteiger partial charge in [-0.15, -0.1) is 11.3 Å². The molecule has 3 nitrogen and oxygen atoms in total. The van der Waals surface area contributed by atoms with Gasteiger partial charge in [0.05, 0.1) is 16.3 Å². The molecule has 2 aromatic rings. The van der Waals surface area contributed by atoms with E-state index in [4.69, 9.17) is 9.97 Å². The fraction of sp³-hybridized carbons (Fsp3) is 0.385. The van der Waals surface area contributed by atoms with Gasteiger partial charge in [0.2, 0.25) is 0 Å². The van der Waals surface area contributed by atoms with Crippen LogP contribution in [0.25, 0.3) is 10.7 Å². The summed E-state index contributed by atoms with van der Waals surface area (Å²) in [5.74, 6) is 1.58. The lowest BCUT2D eigenvalue weighted by Crippen LogP contribution is -2.02. The van der Waals surface area contributed by atoms with Crippen LogP contribution in [0.1, 0.15) is 35.7 Å². The molecule has 5 heteroatoms. The lowest BCUT2D eigenvalue weighted by atomic mass is 10.1. The van der Waals surface area contributed by atoms with Gasteiger partial charge >= 0.3 is 0 Å². The van der Waals surface area contributed by atoms with Crippen molar-refractivity contribution < 1.29 is 0 Å². The number of hydrogen-bond acceptors (Lipinski definition) is 4. The predicted molar refractivity (Wildman–Crippen MR) is 75.6 cm³/mol. The molecule has 1 fully saturated rings. The zero-order valence-corrected chi connectivity index (χ0v) is 12.1. The molecule has 2 aromatic heterocycles. The summed E-state index contributed by atoms with van der Waals surface area (Å²) in [7, 11) is 0. The Hall–Kier alpha value is -0.780. The van der Waals surface area contributed by atoms with Gasteiger partial charge in [-0.25, -0.2) is 9.97 Å². The number of hydrogen-bond donors (Lipinski definition) is 1. The molecule has 0 spiro atoms. The van der Waals surface area contributed by atoms with Crippen LogP contribution >= 0.6 is 27.3 Å². The minimum absolute atomic E-state index is 0.684. The van der Waals surface area contributed by atoms with Crippen molar-refractivity contribution in [1.29, 1.82) is 0 Å². The lowest BCUT2D eigenvalue weighted by molar-refractivity contribution is 0.755. The zero-order chi connectivity index (χ0) is 12.1. The average molecular weight is 322 g/mol. The third kappa shape index (κ3) is 1.81. The Labute approximate surface area is 118 Å². The Morgan fingerprint density at radius 3 is 2.89 bits per heavy atom. The number of nitrogens with zero attached hydrogens (tertiary/aromatic N) is 2. The Morgan fingerprint density at radius 1 is 1.28 bits per heavy atom. The molecule has 1 saturated carbocycles. The molecule has 92 valence electrons. The normalized spacial score (nSPS) is 18.1. The van der Waals surface area contributed by atoms with Gasteiger partial charge in [-0.05, 0) is 34.8 Å². The second-order valence-corrected chi connectivity index (χ2v) is 6.69. The quantitative estimate of drug-likeness (QED) is 0.920. The topological polar surface area (TPSA) is 37.8 Å². The van der Waals surface area contributed by atoms with Crippen molar-refractivity contribution in [1.82, 2.24) is 15.3 Å². The van der Waals surface area contributed by atoms with Crippen LogP contribution in [0.4, 0.5) is 0 Å². The fourth-order valence-electron chi connectivity index (χ4n) is 2.43. The standard InChI is InChI=1S/C13H12BrN3S/c14-8-3-11(18-6-8)13-16-10-5-15-4-9(10)12(17-13)7-1-2-7/h3,6-7,15H,1-2,4-5H2. The molecule has 4 rings (SSSR count). The monoisotopic (exact) mass is 321 g/mol. The zero-order valence-electron chi connectivity index (χ0n) is 9.74. The smallest absolute Gasteiger partial charge is 0.170 e. The second-order valence-electron chi connectivity index (χ2n) is 4.86. The third-order valence-electron chi connectivity index (χ3n) is 3.47. The fourth-order valence-corrected chi connectivity index (χ4v) is 3.79. The molecule has 3 heterocycles. The van der Waals surface area contributed by atoms with Crippen molar-refractivity contribution in [3.05, 3.63) is 32.9 Å². The van der Waals surface area contributed by atoms with Crippen LogP contribution in [-0.4, -0.2) is 9.97 Å². The number of thiophene rings is 1. The van der Waals surface area contributed by atoms with Gasteiger partial charge < -0.3 is 5.32 Å². The maximum absolute atomic E-state index is 4.83. The summed E-state index contributed by atoms with van der Waals surface area (Å²) in [6, 6.07) is 2.10. The Morgan fingerprint density at radius 2 is 2.17 bits per heavy atom. The summed E-state index contributed by atoms with van der Waals surface area (Å²) in [5, 5.41) is 5.47. The molecular formula is C13H12BrN3S. The van der Waals surface area contributed by atoms with Crippen molar-refractivity contribution in [2.24, 2.45) is 0 Å². The molecular weight excluding hydrogens is 310 g/mol. The van der Waals surface area contributed by atoms with Gasteiger partial charge in [0.1, 0.15) is 0 Å². The molecule has 0 aromatic carbocycles. The summed E-state index contributed by atoms with van der Waals surface area (Å²) in [4.78, 5) is 10.7. The summed E-state index contributed by atoms with van der Waals surface area (Å²) < 4.78 is 1.11. The first-order chi connectivity index (χ1) is 8.81. The molecule has 18 heavy (non-hydrogen) atoms.